The van der Waals surface area contributed by atoms with Crippen molar-refractivity contribution in [2.45, 2.75) is 44.9 Å². The lowest BCUT2D eigenvalue weighted by atomic mass is 9.96. The lowest BCUT2D eigenvalue weighted by Crippen LogP contribution is -2.16. The van der Waals surface area contributed by atoms with E-state index in [-0.39, 0.29) is 5.91 Å². The van der Waals surface area contributed by atoms with E-state index in [0.29, 0.717) is 18.2 Å². The van der Waals surface area contributed by atoms with Crippen molar-refractivity contribution < 1.29 is 9.32 Å². The molecule has 0 aliphatic heterocycles. The molecule has 22 heavy (non-hydrogen) atoms. The third kappa shape index (κ3) is 3.75. The number of anilines is 1. The lowest BCUT2D eigenvalue weighted by Gasteiger charge is -2.13. The van der Waals surface area contributed by atoms with Crippen LogP contribution in [0.25, 0.3) is 11.1 Å². The summed E-state index contributed by atoms with van der Waals surface area (Å²) < 4.78 is 5.22. The van der Waals surface area contributed by atoms with Gasteiger partial charge in [-0.05, 0) is 24.3 Å². The second-order valence-corrected chi connectivity index (χ2v) is 6.04. The molecule has 1 fully saturated rings. The maximum Gasteiger partial charge on any atom is 0.239 e. The fourth-order valence-electron chi connectivity index (χ4n) is 3.16. The molecule has 4 heteroatoms. The molecule has 1 aromatic carbocycles. The second-order valence-electron chi connectivity index (χ2n) is 6.04. The van der Waals surface area contributed by atoms with Gasteiger partial charge in [-0.3, -0.25) is 10.1 Å². The minimum atomic E-state index is 0.0285. The largest absolute Gasteiger partial charge is 0.338 e. The van der Waals surface area contributed by atoms with Crippen molar-refractivity contribution in [2.75, 3.05) is 5.32 Å². The van der Waals surface area contributed by atoms with Crippen molar-refractivity contribution in [2.24, 2.45) is 5.92 Å². The zero-order chi connectivity index (χ0) is 15.2. The maximum atomic E-state index is 12.3. The standard InChI is InChI=1S/C18H22N2O2/c21-17(12-14-8-4-1-2-5-9-14)20-18-16(13-19-22-18)15-10-6-3-7-11-15/h3,6-7,10-11,13-14H,1-2,4-5,8-9,12H2,(H,20,21). The fourth-order valence-corrected chi connectivity index (χ4v) is 3.16. The second kappa shape index (κ2) is 7.25. The molecule has 1 amide bonds. The van der Waals surface area contributed by atoms with E-state index in [0.717, 1.165) is 24.0 Å². The molecular weight excluding hydrogens is 276 g/mol. The zero-order valence-corrected chi connectivity index (χ0v) is 12.8. The van der Waals surface area contributed by atoms with Gasteiger partial charge in [-0.15, -0.1) is 0 Å². The van der Waals surface area contributed by atoms with Crippen LogP contribution in [0, 0.1) is 5.92 Å². The predicted molar refractivity (Wildman–Crippen MR) is 86.4 cm³/mol. The van der Waals surface area contributed by atoms with Crippen molar-refractivity contribution in [3.63, 3.8) is 0 Å². The van der Waals surface area contributed by atoms with E-state index in [2.05, 4.69) is 10.5 Å². The zero-order valence-electron chi connectivity index (χ0n) is 12.8. The highest BCUT2D eigenvalue weighted by Crippen LogP contribution is 2.29. The number of aromatic nitrogens is 1. The SMILES string of the molecule is O=C(CC1CCCCCC1)Nc1oncc1-c1ccccc1. The summed E-state index contributed by atoms with van der Waals surface area (Å²) in [6.45, 7) is 0. The van der Waals surface area contributed by atoms with Crippen molar-refractivity contribution in [1.82, 2.24) is 5.16 Å². The molecule has 116 valence electrons. The van der Waals surface area contributed by atoms with Crippen molar-refractivity contribution in [3.8, 4) is 11.1 Å². The van der Waals surface area contributed by atoms with Crippen molar-refractivity contribution in [3.05, 3.63) is 36.5 Å². The third-order valence-electron chi connectivity index (χ3n) is 4.36. The molecule has 0 spiro atoms. The van der Waals surface area contributed by atoms with Crippen LogP contribution in [0.5, 0.6) is 0 Å². The topological polar surface area (TPSA) is 55.1 Å². The number of benzene rings is 1. The van der Waals surface area contributed by atoms with Crippen LogP contribution in [0.3, 0.4) is 0 Å². The number of nitrogens with one attached hydrogen (secondary N) is 1. The molecule has 1 N–H and O–H groups in total. The van der Waals surface area contributed by atoms with Crippen LogP contribution in [0.4, 0.5) is 5.88 Å². The third-order valence-corrected chi connectivity index (χ3v) is 4.36. The van der Waals surface area contributed by atoms with Crippen LogP contribution < -0.4 is 5.32 Å². The molecule has 1 heterocycles. The Morgan fingerprint density at radius 3 is 2.59 bits per heavy atom. The first-order valence-electron chi connectivity index (χ1n) is 8.13. The number of hydrogen-bond acceptors (Lipinski definition) is 3. The smallest absolute Gasteiger partial charge is 0.239 e. The monoisotopic (exact) mass is 298 g/mol. The maximum absolute atomic E-state index is 12.3. The highest BCUT2D eigenvalue weighted by atomic mass is 16.5. The Kier molecular flexibility index (Phi) is 4.88. The van der Waals surface area contributed by atoms with Crippen molar-refractivity contribution in [1.29, 1.82) is 0 Å². The molecule has 0 unspecified atom stereocenters. The van der Waals surface area contributed by atoms with Gasteiger partial charge >= 0.3 is 0 Å². The minimum absolute atomic E-state index is 0.0285. The summed E-state index contributed by atoms with van der Waals surface area (Å²) >= 11 is 0. The first-order chi connectivity index (χ1) is 10.8. The number of hydrogen-bond donors (Lipinski definition) is 1. The summed E-state index contributed by atoms with van der Waals surface area (Å²) in [6.07, 6.45) is 9.65. The Hall–Kier alpha value is -2.10. The van der Waals surface area contributed by atoms with Crippen LogP contribution in [-0.4, -0.2) is 11.1 Å². The average Bonchev–Trinajstić information content (AvgIpc) is 2.83. The molecule has 4 nitrogen and oxygen atoms in total. The molecule has 0 radical (unpaired) electrons. The van der Waals surface area contributed by atoms with E-state index in [1.807, 2.05) is 30.3 Å². The molecule has 1 aliphatic rings. The quantitative estimate of drug-likeness (QED) is 0.836. The van der Waals surface area contributed by atoms with E-state index in [1.54, 1.807) is 6.20 Å². The average molecular weight is 298 g/mol. The molecule has 3 rings (SSSR count). The molecule has 0 atom stereocenters. The number of amides is 1. The van der Waals surface area contributed by atoms with Crippen LogP contribution >= 0.6 is 0 Å². The van der Waals surface area contributed by atoms with Gasteiger partial charge in [0.15, 0.2) is 0 Å². The summed E-state index contributed by atoms with van der Waals surface area (Å²) in [5.41, 5.74) is 1.82. The normalized spacial score (nSPS) is 16.2. The molecule has 0 saturated heterocycles. The van der Waals surface area contributed by atoms with E-state index >= 15 is 0 Å². The first-order valence-corrected chi connectivity index (χ1v) is 8.13. The van der Waals surface area contributed by atoms with Gasteiger partial charge in [0.25, 0.3) is 0 Å². The predicted octanol–water partition coefficient (Wildman–Crippen LogP) is 4.64. The summed E-state index contributed by atoms with van der Waals surface area (Å²) in [6, 6.07) is 9.83. The van der Waals surface area contributed by atoms with Crippen LogP contribution in [0.15, 0.2) is 41.1 Å². The summed E-state index contributed by atoms with van der Waals surface area (Å²) in [4.78, 5) is 12.3. The molecule has 1 saturated carbocycles. The fraction of sp³-hybridized carbons (Fsp3) is 0.444. The Morgan fingerprint density at radius 1 is 1.14 bits per heavy atom. The highest BCUT2D eigenvalue weighted by Gasteiger charge is 2.18. The molecular formula is C18H22N2O2. The minimum Gasteiger partial charge on any atom is -0.338 e. The van der Waals surface area contributed by atoms with Crippen LogP contribution in [0.1, 0.15) is 44.9 Å². The van der Waals surface area contributed by atoms with E-state index in [1.165, 1.54) is 25.7 Å². The van der Waals surface area contributed by atoms with Gasteiger partial charge in [0.05, 0.1) is 11.8 Å². The summed E-state index contributed by atoms with van der Waals surface area (Å²) in [5.74, 6) is 0.983. The molecule has 1 aliphatic carbocycles. The number of nitrogens with zero attached hydrogens (tertiary/aromatic N) is 1. The van der Waals surface area contributed by atoms with Crippen LogP contribution in [-0.2, 0) is 4.79 Å². The van der Waals surface area contributed by atoms with Gasteiger partial charge in [-0.1, -0.05) is 61.2 Å². The molecule has 2 aromatic rings. The molecule has 0 bridgehead atoms. The van der Waals surface area contributed by atoms with Gasteiger partial charge in [0.1, 0.15) is 0 Å². The Bertz CT molecular complexity index is 599. The Labute approximate surface area is 130 Å². The van der Waals surface area contributed by atoms with E-state index in [9.17, 15) is 4.79 Å². The number of rotatable bonds is 4. The van der Waals surface area contributed by atoms with Gasteiger partial charge < -0.3 is 4.52 Å². The van der Waals surface area contributed by atoms with Crippen LogP contribution in [0.2, 0.25) is 0 Å². The molecule has 1 aromatic heterocycles. The van der Waals surface area contributed by atoms with Crippen molar-refractivity contribution >= 4 is 11.8 Å². The number of carbonyl (C=O) groups is 1. The van der Waals surface area contributed by atoms with E-state index < -0.39 is 0 Å². The van der Waals surface area contributed by atoms with Gasteiger partial charge in [0, 0.05) is 6.42 Å². The lowest BCUT2D eigenvalue weighted by molar-refractivity contribution is -0.117. The number of carbonyl (C=O) groups excluding carboxylic acids is 1. The van der Waals surface area contributed by atoms with Gasteiger partial charge in [-0.25, -0.2) is 0 Å². The van der Waals surface area contributed by atoms with Gasteiger partial charge in [-0.2, -0.15) is 0 Å². The summed E-state index contributed by atoms with van der Waals surface area (Å²) in [7, 11) is 0. The first kappa shape index (κ1) is 14.8. The highest BCUT2D eigenvalue weighted by molar-refractivity contribution is 5.93. The summed E-state index contributed by atoms with van der Waals surface area (Å²) in [5, 5.41) is 6.71. The Morgan fingerprint density at radius 2 is 1.86 bits per heavy atom. The van der Waals surface area contributed by atoms with Gasteiger partial charge in [0.2, 0.25) is 11.8 Å². The van der Waals surface area contributed by atoms with E-state index in [4.69, 9.17) is 4.52 Å². The Balaban J connectivity index is 1.63.